The molecule has 1 N–H and O–H groups in total. The summed E-state index contributed by atoms with van der Waals surface area (Å²) in [5, 5.41) is 18.3. The number of rotatable bonds is 2. The van der Waals surface area contributed by atoms with Gasteiger partial charge in [-0.1, -0.05) is 30.3 Å². The van der Waals surface area contributed by atoms with E-state index < -0.39 is 0 Å². The van der Waals surface area contributed by atoms with Crippen LogP contribution in [0.15, 0.2) is 48.5 Å². The van der Waals surface area contributed by atoms with Crippen molar-refractivity contribution in [3.8, 4) is 11.8 Å². The van der Waals surface area contributed by atoms with Crippen molar-refractivity contribution in [2.45, 2.75) is 6.42 Å². The molecule has 2 heteroatoms. The molecule has 16 heavy (non-hydrogen) atoms. The molecular weight excluding hydrogens is 198 g/mol. The molecule has 0 spiro atoms. The van der Waals surface area contributed by atoms with Crippen molar-refractivity contribution in [3.05, 3.63) is 65.2 Å². The van der Waals surface area contributed by atoms with E-state index in [9.17, 15) is 5.11 Å². The zero-order valence-electron chi connectivity index (χ0n) is 8.72. The molecule has 0 fully saturated rings. The summed E-state index contributed by atoms with van der Waals surface area (Å²) < 4.78 is 0. The molecule has 0 radical (unpaired) electrons. The van der Waals surface area contributed by atoms with Crippen LogP contribution in [0.3, 0.4) is 0 Å². The standard InChI is InChI=1S/C14H11NO/c15-10-12-7-5-11(6-8-12)9-13-3-1-2-4-14(13)16/h1-8,16H,9H2. The molecule has 0 atom stereocenters. The second-order valence-electron chi connectivity index (χ2n) is 3.61. The maximum absolute atomic E-state index is 9.62. The van der Waals surface area contributed by atoms with Gasteiger partial charge in [-0.3, -0.25) is 0 Å². The normalized spacial score (nSPS) is 9.69. The van der Waals surface area contributed by atoms with E-state index in [1.807, 2.05) is 24.3 Å². The fourth-order valence-corrected chi connectivity index (χ4v) is 1.58. The fourth-order valence-electron chi connectivity index (χ4n) is 1.58. The molecule has 0 unspecified atom stereocenters. The highest BCUT2D eigenvalue weighted by molar-refractivity contribution is 5.38. The highest BCUT2D eigenvalue weighted by atomic mass is 16.3. The van der Waals surface area contributed by atoms with Crippen LogP contribution in [0.1, 0.15) is 16.7 Å². The van der Waals surface area contributed by atoms with E-state index in [1.165, 1.54) is 0 Å². The maximum Gasteiger partial charge on any atom is 0.119 e. The summed E-state index contributed by atoms with van der Waals surface area (Å²) >= 11 is 0. The zero-order valence-corrected chi connectivity index (χ0v) is 8.72. The summed E-state index contributed by atoms with van der Waals surface area (Å²) in [6.07, 6.45) is 0.679. The van der Waals surface area contributed by atoms with Gasteiger partial charge in [0.1, 0.15) is 5.75 Å². The molecule has 2 rings (SSSR count). The molecule has 78 valence electrons. The molecule has 0 aliphatic carbocycles. The molecule has 2 aromatic rings. The molecular formula is C14H11NO. The van der Waals surface area contributed by atoms with Crippen LogP contribution in [0.5, 0.6) is 5.75 Å². The van der Waals surface area contributed by atoms with Crippen molar-refractivity contribution in [2.75, 3.05) is 0 Å². The highest BCUT2D eigenvalue weighted by Crippen LogP contribution is 2.19. The van der Waals surface area contributed by atoms with Gasteiger partial charge in [0.2, 0.25) is 0 Å². The van der Waals surface area contributed by atoms with Gasteiger partial charge >= 0.3 is 0 Å². The Morgan fingerprint density at radius 3 is 2.31 bits per heavy atom. The Balaban J connectivity index is 2.22. The summed E-state index contributed by atoms with van der Waals surface area (Å²) in [5.41, 5.74) is 2.63. The largest absolute Gasteiger partial charge is 0.508 e. The van der Waals surface area contributed by atoms with Crippen LogP contribution < -0.4 is 0 Å². The lowest BCUT2D eigenvalue weighted by Crippen LogP contribution is -1.88. The van der Waals surface area contributed by atoms with E-state index >= 15 is 0 Å². The van der Waals surface area contributed by atoms with Crippen molar-refractivity contribution in [3.63, 3.8) is 0 Å². The number of phenols is 1. The predicted molar refractivity (Wildman–Crippen MR) is 62.1 cm³/mol. The number of nitrogens with zero attached hydrogens (tertiary/aromatic N) is 1. The lowest BCUT2D eigenvalue weighted by molar-refractivity contribution is 0.469. The Labute approximate surface area is 94.4 Å². The number of benzene rings is 2. The topological polar surface area (TPSA) is 44.0 Å². The average molecular weight is 209 g/mol. The Morgan fingerprint density at radius 1 is 1.00 bits per heavy atom. The van der Waals surface area contributed by atoms with Crippen molar-refractivity contribution < 1.29 is 5.11 Å². The molecule has 0 amide bonds. The van der Waals surface area contributed by atoms with E-state index in [0.29, 0.717) is 17.7 Å². The minimum atomic E-state index is 0.312. The summed E-state index contributed by atoms with van der Waals surface area (Å²) in [4.78, 5) is 0. The van der Waals surface area contributed by atoms with E-state index in [1.54, 1.807) is 24.3 Å². The molecule has 0 aliphatic rings. The fraction of sp³-hybridized carbons (Fsp3) is 0.0714. The van der Waals surface area contributed by atoms with Gasteiger partial charge in [-0.25, -0.2) is 0 Å². The predicted octanol–water partition coefficient (Wildman–Crippen LogP) is 2.85. The van der Waals surface area contributed by atoms with E-state index in [4.69, 9.17) is 5.26 Å². The Hall–Kier alpha value is -2.27. The third kappa shape index (κ3) is 2.21. The SMILES string of the molecule is N#Cc1ccc(Cc2ccccc2O)cc1. The average Bonchev–Trinajstić information content (AvgIpc) is 2.33. The molecule has 0 bridgehead atoms. The van der Waals surface area contributed by atoms with Crippen molar-refractivity contribution >= 4 is 0 Å². The van der Waals surface area contributed by atoms with Gasteiger partial charge in [0, 0.05) is 6.42 Å². The van der Waals surface area contributed by atoms with Crippen LogP contribution in [-0.4, -0.2) is 5.11 Å². The zero-order chi connectivity index (χ0) is 11.4. The van der Waals surface area contributed by atoms with Gasteiger partial charge in [0.25, 0.3) is 0 Å². The van der Waals surface area contributed by atoms with Crippen LogP contribution in [0, 0.1) is 11.3 Å². The number of hydrogen-bond acceptors (Lipinski definition) is 2. The van der Waals surface area contributed by atoms with Crippen LogP contribution in [0.4, 0.5) is 0 Å². The van der Waals surface area contributed by atoms with Gasteiger partial charge in [-0.05, 0) is 29.3 Å². The number of nitriles is 1. The van der Waals surface area contributed by atoms with Crippen LogP contribution in [0.25, 0.3) is 0 Å². The van der Waals surface area contributed by atoms with Crippen LogP contribution in [-0.2, 0) is 6.42 Å². The monoisotopic (exact) mass is 209 g/mol. The van der Waals surface area contributed by atoms with E-state index in [2.05, 4.69) is 6.07 Å². The van der Waals surface area contributed by atoms with Gasteiger partial charge in [-0.15, -0.1) is 0 Å². The smallest absolute Gasteiger partial charge is 0.119 e. The van der Waals surface area contributed by atoms with Crippen LogP contribution >= 0.6 is 0 Å². The molecule has 0 aliphatic heterocycles. The number of para-hydroxylation sites is 1. The number of aromatic hydroxyl groups is 1. The van der Waals surface area contributed by atoms with Crippen molar-refractivity contribution in [1.82, 2.24) is 0 Å². The molecule has 0 heterocycles. The first-order chi connectivity index (χ1) is 7.79. The minimum absolute atomic E-state index is 0.312. The first-order valence-electron chi connectivity index (χ1n) is 5.05. The first-order valence-corrected chi connectivity index (χ1v) is 5.05. The molecule has 2 nitrogen and oxygen atoms in total. The summed E-state index contributed by atoms with van der Waals surface area (Å²) in [6, 6.07) is 16.8. The Kier molecular flexibility index (Phi) is 2.88. The molecule has 0 saturated heterocycles. The maximum atomic E-state index is 9.62. The van der Waals surface area contributed by atoms with Crippen molar-refractivity contribution in [1.29, 1.82) is 5.26 Å². The first kappa shape index (κ1) is 10.3. The van der Waals surface area contributed by atoms with Crippen LogP contribution in [0.2, 0.25) is 0 Å². The van der Waals surface area contributed by atoms with Crippen molar-refractivity contribution in [2.24, 2.45) is 0 Å². The Bertz CT molecular complexity index is 523. The second kappa shape index (κ2) is 4.50. The quantitative estimate of drug-likeness (QED) is 0.826. The number of hydrogen-bond donors (Lipinski definition) is 1. The van der Waals surface area contributed by atoms with Gasteiger partial charge in [0.05, 0.1) is 11.6 Å². The van der Waals surface area contributed by atoms with Gasteiger partial charge < -0.3 is 5.11 Å². The summed E-state index contributed by atoms with van der Waals surface area (Å²) in [7, 11) is 0. The highest BCUT2D eigenvalue weighted by Gasteiger charge is 2.01. The number of phenolic OH excluding ortho intramolecular Hbond substituents is 1. The Morgan fingerprint density at radius 2 is 1.69 bits per heavy atom. The van der Waals surface area contributed by atoms with Gasteiger partial charge in [-0.2, -0.15) is 5.26 Å². The van der Waals surface area contributed by atoms with E-state index in [0.717, 1.165) is 11.1 Å². The third-order valence-electron chi connectivity index (χ3n) is 2.47. The molecule has 0 saturated carbocycles. The molecule has 0 aromatic heterocycles. The minimum Gasteiger partial charge on any atom is -0.508 e. The van der Waals surface area contributed by atoms with E-state index in [-0.39, 0.29) is 0 Å². The molecule has 2 aromatic carbocycles. The summed E-state index contributed by atoms with van der Waals surface area (Å²) in [5.74, 6) is 0.312. The summed E-state index contributed by atoms with van der Waals surface area (Å²) in [6.45, 7) is 0. The third-order valence-corrected chi connectivity index (χ3v) is 2.47. The second-order valence-corrected chi connectivity index (χ2v) is 3.61. The lowest BCUT2D eigenvalue weighted by atomic mass is 10.0. The van der Waals surface area contributed by atoms with Gasteiger partial charge in [0.15, 0.2) is 0 Å². The lowest BCUT2D eigenvalue weighted by Gasteiger charge is -2.04.